The van der Waals surface area contributed by atoms with Crippen LogP contribution < -0.4 is 20.9 Å². The van der Waals surface area contributed by atoms with Crippen LogP contribution in [0.3, 0.4) is 0 Å². The van der Waals surface area contributed by atoms with Crippen LogP contribution in [0, 0.1) is 6.92 Å². The summed E-state index contributed by atoms with van der Waals surface area (Å²) < 4.78 is 5.19. The molecule has 0 bridgehead atoms. The minimum atomic E-state index is -0.529. The first-order chi connectivity index (χ1) is 12.9. The van der Waals surface area contributed by atoms with E-state index >= 15 is 0 Å². The van der Waals surface area contributed by atoms with E-state index in [-0.39, 0.29) is 11.5 Å². The highest BCUT2D eigenvalue weighted by molar-refractivity contribution is 6.07. The number of fused-ring (bicyclic) bond motifs is 1. The summed E-state index contributed by atoms with van der Waals surface area (Å²) in [6.45, 7) is 3.12. The van der Waals surface area contributed by atoms with Crippen LogP contribution >= 0.6 is 0 Å². The van der Waals surface area contributed by atoms with E-state index in [1.165, 1.54) is 14.0 Å². The molecule has 0 fully saturated rings. The molecule has 0 aliphatic heterocycles. The molecule has 7 nitrogen and oxygen atoms in total. The molecular weight excluding hydrogens is 346 g/mol. The van der Waals surface area contributed by atoms with E-state index in [0.29, 0.717) is 28.2 Å². The van der Waals surface area contributed by atoms with Gasteiger partial charge in [-0.1, -0.05) is 18.2 Å². The number of methoxy groups -OCH3 is 1. The number of hydrogen-bond acceptors (Lipinski definition) is 4. The number of aromatic nitrogens is 1. The van der Waals surface area contributed by atoms with Crippen LogP contribution in [-0.4, -0.2) is 23.9 Å². The Bertz CT molecular complexity index is 1100. The normalized spacial score (nSPS) is 10.5. The third-order valence-electron chi connectivity index (χ3n) is 4.18. The molecule has 0 saturated heterocycles. The van der Waals surface area contributed by atoms with Gasteiger partial charge in [-0.3, -0.25) is 14.4 Å². The van der Waals surface area contributed by atoms with Gasteiger partial charge in [0.1, 0.15) is 11.3 Å². The summed E-state index contributed by atoms with van der Waals surface area (Å²) in [7, 11) is 1.48. The molecule has 138 valence electrons. The second-order valence-electron chi connectivity index (χ2n) is 6.05. The van der Waals surface area contributed by atoms with E-state index in [1.807, 2.05) is 18.2 Å². The summed E-state index contributed by atoms with van der Waals surface area (Å²) in [5.41, 5.74) is 1.71. The lowest BCUT2D eigenvalue weighted by molar-refractivity contribution is -0.114. The first-order valence-corrected chi connectivity index (χ1v) is 8.29. The number of para-hydroxylation sites is 1. The number of ether oxygens (including phenoxy) is 1. The lowest BCUT2D eigenvalue weighted by atomic mass is 10.0. The summed E-state index contributed by atoms with van der Waals surface area (Å²) in [5.74, 6) is -0.333. The predicted molar refractivity (Wildman–Crippen MR) is 105 cm³/mol. The summed E-state index contributed by atoms with van der Waals surface area (Å²) >= 11 is 0. The Morgan fingerprint density at radius 3 is 2.52 bits per heavy atom. The van der Waals surface area contributed by atoms with Crippen molar-refractivity contribution in [3.63, 3.8) is 0 Å². The molecule has 2 aromatic carbocycles. The van der Waals surface area contributed by atoms with Gasteiger partial charge >= 0.3 is 0 Å². The predicted octanol–water partition coefficient (Wildman–Crippen LogP) is 3.06. The lowest BCUT2D eigenvalue weighted by Gasteiger charge is -2.13. The van der Waals surface area contributed by atoms with Gasteiger partial charge in [0, 0.05) is 23.5 Å². The van der Waals surface area contributed by atoms with Gasteiger partial charge in [0.25, 0.3) is 11.5 Å². The van der Waals surface area contributed by atoms with E-state index in [0.717, 1.165) is 5.39 Å². The highest BCUT2D eigenvalue weighted by Crippen LogP contribution is 2.28. The van der Waals surface area contributed by atoms with Gasteiger partial charge in [-0.25, -0.2) is 0 Å². The van der Waals surface area contributed by atoms with Crippen molar-refractivity contribution in [1.82, 2.24) is 4.98 Å². The number of anilines is 2. The van der Waals surface area contributed by atoms with Crippen molar-refractivity contribution in [3.8, 4) is 5.75 Å². The average Bonchev–Trinajstić information content (AvgIpc) is 2.61. The Morgan fingerprint density at radius 1 is 1.07 bits per heavy atom. The largest absolute Gasteiger partial charge is 0.495 e. The third kappa shape index (κ3) is 3.67. The molecular formula is C20H19N3O4. The minimum Gasteiger partial charge on any atom is -0.495 e. The molecule has 7 heteroatoms. The second kappa shape index (κ2) is 7.33. The van der Waals surface area contributed by atoms with Gasteiger partial charge < -0.3 is 20.4 Å². The topological polar surface area (TPSA) is 100 Å². The van der Waals surface area contributed by atoms with Crippen LogP contribution in [0.4, 0.5) is 11.4 Å². The lowest BCUT2D eigenvalue weighted by Crippen LogP contribution is -2.25. The van der Waals surface area contributed by atoms with E-state index in [2.05, 4.69) is 15.6 Å². The molecule has 3 N–H and O–H groups in total. The van der Waals surface area contributed by atoms with Gasteiger partial charge in [-0.05, 0) is 36.8 Å². The maximum atomic E-state index is 12.7. The molecule has 0 saturated carbocycles. The van der Waals surface area contributed by atoms with Gasteiger partial charge in [-0.15, -0.1) is 0 Å². The fraction of sp³-hybridized carbons (Fsp3) is 0.150. The molecule has 0 aliphatic carbocycles. The highest BCUT2D eigenvalue weighted by Gasteiger charge is 2.17. The number of nitrogens with one attached hydrogen (secondary N) is 3. The van der Waals surface area contributed by atoms with E-state index in [9.17, 15) is 14.4 Å². The van der Waals surface area contributed by atoms with Crippen molar-refractivity contribution in [2.24, 2.45) is 0 Å². The van der Waals surface area contributed by atoms with Gasteiger partial charge in [0.15, 0.2) is 0 Å². The van der Waals surface area contributed by atoms with Gasteiger partial charge in [0.2, 0.25) is 5.91 Å². The molecule has 2 amide bonds. The molecule has 0 aliphatic rings. The van der Waals surface area contributed by atoms with Crippen molar-refractivity contribution < 1.29 is 14.3 Å². The molecule has 1 aromatic heterocycles. The summed E-state index contributed by atoms with van der Waals surface area (Å²) in [4.78, 5) is 39.2. The van der Waals surface area contributed by atoms with Crippen LogP contribution in [0.15, 0.2) is 47.3 Å². The van der Waals surface area contributed by atoms with Crippen LogP contribution in [0.1, 0.15) is 22.8 Å². The minimum absolute atomic E-state index is 0.0468. The fourth-order valence-electron chi connectivity index (χ4n) is 2.95. The number of benzene rings is 2. The monoisotopic (exact) mass is 365 g/mol. The van der Waals surface area contributed by atoms with Crippen LogP contribution in [0.2, 0.25) is 0 Å². The van der Waals surface area contributed by atoms with Crippen LogP contribution in [0.25, 0.3) is 10.9 Å². The number of carbonyl (C=O) groups is 2. The number of H-pyrrole nitrogens is 1. The Balaban J connectivity index is 1.97. The number of pyridine rings is 1. The average molecular weight is 365 g/mol. The summed E-state index contributed by atoms with van der Waals surface area (Å²) in [6.07, 6.45) is 0. The van der Waals surface area contributed by atoms with Crippen LogP contribution in [-0.2, 0) is 4.79 Å². The van der Waals surface area contributed by atoms with Gasteiger partial charge in [0.05, 0.1) is 12.8 Å². The summed E-state index contributed by atoms with van der Waals surface area (Å²) in [5, 5.41) is 6.15. The SMILES string of the molecule is COc1ccc(NC(=O)c2c(C)c3ccccc3[nH]c2=O)cc1NC(C)=O. The maximum Gasteiger partial charge on any atom is 0.261 e. The Labute approximate surface area is 155 Å². The third-order valence-corrected chi connectivity index (χ3v) is 4.18. The zero-order valence-electron chi connectivity index (χ0n) is 15.2. The van der Waals surface area contributed by atoms with Gasteiger partial charge in [-0.2, -0.15) is 0 Å². The quantitative estimate of drug-likeness (QED) is 0.661. The van der Waals surface area contributed by atoms with E-state index in [1.54, 1.807) is 31.2 Å². The zero-order chi connectivity index (χ0) is 19.6. The smallest absolute Gasteiger partial charge is 0.261 e. The number of aromatic amines is 1. The fourth-order valence-corrected chi connectivity index (χ4v) is 2.95. The zero-order valence-corrected chi connectivity index (χ0v) is 15.2. The van der Waals surface area contributed by atoms with Crippen molar-refractivity contribution >= 4 is 34.1 Å². The molecule has 3 rings (SSSR count). The number of hydrogen-bond donors (Lipinski definition) is 3. The molecule has 0 radical (unpaired) electrons. The first kappa shape index (κ1) is 18.2. The second-order valence-corrected chi connectivity index (χ2v) is 6.05. The standard InChI is InChI=1S/C20H19N3O4/c1-11-14-6-4-5-7-15(14)23-20(26)18(11)19(25)22-13-8-9-17(27-3)16(10-13)21-12(2)24/h4-10H,1-3H3,(H,21,24)(H,22,25)(H,23,26). The molecule has 0 unspecified atom stereocenters. The van der Waals surface area contributed by atoms with Crippen molar-refractivity contribution in [1.29, 1.82) is 0 Å². The van der Waals surface area contributed by atoms with Crippen molar-refractivity contribution in [2.75, 3.05) is 17.7 Å². The Kier molecular flexibility index (Phi) is 4.94. The summed E-state index contributed by atoms with van der Waals surface area (Å²) in [6, 6.07) is 12.1. The molecule has 0 spiro atoms. The van der Waals surface area contributed by atoms with Crippen molar-refractivity contribution in [3.05, 3.63) is 63.9 Å². The molecule has 27 heavy (non-hydrogen) atoms. The maximum absolute atomic E-state index is 12.7. The van der Waals surface area contributed by atoms with E-state index < -0.39 is 11.5 Å². The molecule has 3 aromatic rings. The highest BCUT2D eigenvalue weighted by atomic mass is 16.5. The number of aryl methyl sites for hydroxylation is 1. The van der Waals surface area contributed by atoms with E-state index in [4.69, 9.17) is 4.74 Å². The number of rotatable bonds is 4. The first-order valence-electron chi connectivity index (χ1n) is 8.29. The molecule has 1 heterocycles. The number of amides is 2. The number of carbonyl (C=O) groups excluding carboxylic acids is 2. The molecule has 0 atom stereocenters. The Morgan fingerprint density at radius 2 is 1.81 bits per heavy atom. The Hall–Kier alpha value is -3.61. The van der Waals surface area contributed by atoms with Crippen molar-refractivity contribution in [2.45, 2.75) is 13.8 Å². The van der Waals surface area contributed by atoms with Crippen LogP contribution in [0.5, 0.6) is 5.75 Å².